The number of rotatable bonds is 28. The van der Waals surface area contributed by atoms with E-state index in [-0.39, 0.29) is 6.61 Å². The lowest BCUT2D eigenvalue weighted by Gasteiger charge is -2.21. The first-order chi connectivity index (χ1) is 19.6. The minimum atomic E-state index is -1.12. The highest BCUT2D eigenvalue weighted by atomic mass is 16.3. The molecule has 0 aromatic rings. The zero-order valence-electron chi connectivity index (χ0n) is 25.9. The van der Waals surface area contributed by atoms with Gasteiger partial charge in [0, 0.05) is 0 Å². The molecule has 0 spiro atoms. The number of aliphatic hydroxyl groups excluding tert-OH is 3. The van der Waals surface area contributed by atoms with E-state index in [1.54, 1.807) is 6.08 Å². The minimum absolute atomic E-state index is 0.386. The van der Waals surface area contributed by atoms with Crippen molar-refractivity contribution in [1.29, 1.82) is 0 Å². The number of carbonyl (C=O) groups excluding carboxylic acids is 1. The van der Waals surface area contributed by atoms with Gasteiger partial charge in [-0.15, -0.1) is 0 Å². The first kappa shape index (κ1) is 38.3. The number of allylic oxidation sites excluding steroid dienone is 7. The number of carbonyl (C=O) groups is 1. The van der Waals surface area contributed by atoms with Gasteiger partial charge in [-0.2, -0.15) is 0 Å². The molecule has 0 saturated heterocycles. The molecule has 232 valence electrons. The van der Waals surface area contributed by atoms with Crippen LogP contribution in [0.25, 0.3) is 0 Å². The predicted molar refractivity (Wildman–Crippen MR) is 171 cm³/mol. The first-order valence-electron chi connectivity index (χ1n) is 16.5. The fourth-order valence-corrected chi connectivity index (χ4v) is 4.43. The van der Waals surface area contributed by atoms with Crippen molar-refractivity contribution in [2.45, 2.75) is 161 Å². The van der Waals surface area contributed by atoms with Crippen molar-refractivity contribution in [3.05, 3.63) is 48.6 Å². The Balaban J connectivity index is 3.91. The summed E-state index contributed by atoms with van der Waals surface area (Å²) in [5.74, 6) is -0.537. The van der Waals surface area contributed by atoms with Crippen molar-refractivity contribution < 1.29 is 20.1 Å². The van der Waals surface area contributed by atoms with Gasteiger partial charge in [-0.05, 0) is 64.2 Å². The van der Waals surface area contributed by atoms with Crippen LogP contribution in [0.5, 0.6) is 0 Å². The molecular weight excluding hydrogens is 498 g/mol. The Morgan fingerprint density at radius 1 is 0.600 bits per heavy atom. The Bertz CT molecular complexity index is 670. The molecule has 0 rings (SSSR count). The topological polar surface area (TPSA) is 89.8 Å². The van der Waals surface area contributed by atoms with Gasteiger partial charge < -0.3 is 20.6 Å². The third-order valence-corrected chi connectivity index (χ3v) is 7.12. The molecule has 0 saturated carbocycles. The zero-order valence-corrected chi connectivity index (χ0v) is 25.9. The van der Waals surface area contributed by atoms with Gasteiger partial charge in [-0.1, -0.05) is 127 Å². The summed E-state index contributed by atoms with van der Waals surface area (Å²) in [6.07, 6.45) is 37.0. The Kier molecular flexibility index (Phi) is 29.0. The van der Waals surface area contributed by atoms with E-state index in [2.05, 4.69) is 55.6 Å². The summed E-state index contributed by atoms with van der Waals surface area (Å²) in [7, 11) is 0. The fraction of sp³-hybridized carbons (Fsp3) is 0.743. The van der Waals surface area contributed by atoms with E-state index in [0.717, 1.165) is 57.8 Å². The smallest absolute Gasteiger partial charge is 0.249 e. The maximum Gasteiger partial charge on any atom is 0.249 e. The SMILES string of the molecule is CCCC/C=C\CCCCCC(O)C(=O)NC(CO)C(O)/C=C/CC/C=C/CC/C=C/CCCCCCCCC. The second-order valence-corrected chi connectivity index (χ2v) is 11.0. The van der Waals surface area contributed by atoms with Crippen LogP contribution < -0.4 is 5.32 Å². The molecule has 5 heteroatoms. The maximum atomic E-state index is 12.3. The average Bonchev–Trinajstić information content (AvgIpc) is 2.96. The Morgan fingerprint density at radius 3 is 1.60 bits per heavy atom. The minimum Gasteiger partial charge on any atom is -0.394 e. The Hall–Kier alpha value is -1.69. The van der Waals surface area contributed by atoms with Crippen LogP contribution in [0.2, 0.25) is 0 Å². The predicted octanol–water partition coefficient (Wildman–Crippen LogP) is 8.25. The van der Waals surface area contributed by atoms with E-state index < -0.39 is 24.2 Å². The van der Waals surface area contributed by atoms with Crippen LogP contribution in [-0.2, 0) is 4.79 Å². The summed E-state index contributed by atoms with van der Waals surface area (Å²) in [6, 6.07) is -0.824. The molecule has 0 aliphatic rings. The molecule has 0 heterocycles. The highest BCUT2D eigenvalue weighted by molar-refractivity contribution is 5.80. The number of aliphatic hydroxyl groups is 3. The van der Waals surface area contributed by atoms with Gasteiger partial charge in [-0.3, -0.25) is 4.79 Å². The molecule has 0 aromatic carbocycles. The van der Waals surface area contributed by atoms with Crippen LogP contribution in [0.3, 0.4) is 0 Å². The zero-order chi connectivity index (χ0) is 29.5. The van der Waals surface area contributed by atoms with E-state index in [1.807, 2.05) is 6.08 Å². The first-order valence-corrected chi connectivity index (χ1v) is 16.5. The molecule has 4 N–H and O–H groups in total. The number of unbranched alkanes of at least 4 members (excludes halogenated alkanes) is 14. The van der Waals surface area contributed by atoms with Crippen molar-refractivity contribution >= 4 is 5.91 Å². The molecule has 40 heavy (non-hydrogen) atoms. The molecule has 1 amide bonds. The van der Waals surface area contributed by atoms with Crippen LogP contribution in [0.4, 0.5) is 0 Å². The molecule has 3 unspecified atom stereocenters. The summed E-state index contributed by atoms with van der Waals surface area (Å²) < 4.78 is 0. The van der Waals surface area contributed by atoms with Gasteiger partial charge in [0.1, 0.15) is 6.10 Å². The third-order valence-electron chi connectivity index (χ3n) is 7.12. The van der Waals surface area contributed by atoms with Crippen LogP contribution in [0.15, 0.2) is 48.6 Å². The highest BCUT2D eigenvalue weighted by Gasteiger charge is 2.22. The quantitative estimate of drug-likeness (QED) is 0.0572. The number of hydrogen-bond donors (Lipinski definition) is 4. The van der Waals surface area contributed by atoms with E-state index >= 15 is 0 Å². The Morgan fingerprint density at radius 2 is 1.05 bits per heavy atom. The van der Waals surface area contributed by atoms with Crippen LogP contribution in [-0.4, -0.2) is 46.1 Å². The van der Waals surface area contributed by atoms with Crippen LogP contribution in [0.1, 0.15) is 142 Å². The second-order valence-electron chi connectivity index (χ2n) is 11.0. The highest BCUT2D eigenvalue weighted by Crippen LogP contribution is 2.10. The maximum absolute atomic E-state index is 12.3. The molecule has 3 atom stereocenters. The molecule has 0 bridgehead atoms. The lowest BCUT2D eigenvalue weighted by molar-refractivity contribution is -0.131. The Labute approximate surface area is 246 Å². The van der Waals surface area contributed by atoms with E-state index in [4.69, 9.17) is 0 Å². The molecule has 0 aromatic heterocycles. The molecule has 0 radical (unpaired) electrons. The molecule has 5 nitrogen and oxygen atoms in total. The lowest BCUT2D eigenvalue weighted by atomic mass is 10.1. The van der Waals surface area contributed by atoms with Crippen molar-refractivity contribution in [3.63, 3.8) is 0 Å². The fourth-order valence-electron chi connectivity index (χ4n) is 4.43. The number of amides is 1. The normalized spacial score (nSPS) is 14.6. The summed E-state index contributed by atoms with van der Waals surface area (Å²) >= 11 is 0. The third kappa shape index (κ3) is 25.3. The summed E-state index contributed by atoms with van der Waals surface area (Å²) in [6.45, 7) is 4.06. The van der Waals surface area contributed by atoms with Gasteiger partial charge in [0.05, 0.1) is 18.8 Å². The van der Waals surface area contributed by atoms with Gasteiger partial charge in [0.15, 0.2) is 0 Å². The summed E-state index contributed by atoms with van der Waals surface area (Å²) in [5, 5.41) is 32.7. The van der Waals surface area contributed by atoms with E-state index in [0.29, 0.717) is 6.42 Å². The largest absolute Gasteiger partial charge is 0.394 e. The monoisotopic (exact) mass is 561 g/mol. The second kappa shape index (κ2) is 30.3. The molecular formula is C35H63NO4. The molecule has 0 aliphatic heterocycles. The molecule has 0 aliphatic carbocycles. The van der Waals surface area contributed by atoms with Gasteiger partial charge in [0.25, 0.3) is 0 Å². The standard InChI is InChI=1S/C35H63NO4/c1-3-5-7-9-11-13-14-15-16-17-18-19-20-22-23-25-27-29-33(38)32(31-37)36-35(40)34(39)30-28-26-24-21-12-10-8-6-4-2/h10,12,16-17,20,22,27,29,32-34,37-39H,3-9,11,13-15,18-19,21,23-26,28,30-31H2,1-2H3,(H,36,40)/b12-10-,17-16+,22-20+,29-27+. The molecule has 0 fully saturated rings. The van der Waals surface area contributed by atoms with E-state index in [9.17, 15) is 20.1 Å². The number of hydrogen-bond acceptors (Lipinski definition) is 4. The number of nitrogens with one attached hydrogen (secondary N) is 1. The lowest BCUT2D eigenvalue weighted by Crippen LogP contribution is -2.48. The average molecular weight is 562 g/mol. The van der Waals surface area contributed by atoms with Crippen molar-refractivity contribution in [2.75, 3.05) is 6.61 Å². The van der Waals surface area contributed by atoms with Gasteiger partial charge in [-0.25, -0.2) is 0 Å². The van der Waals surface area contributed by atoms with Crippen LogP contribution >= 0.6 is 0 Å². The summed E-state index contributed by atoms with van der Waals surface area (Å²) in [4.78, 5) is 12.3. The van der Waals surface area contributed by atoms with Crippen molar-refractivity contribution in [1.82, 2.24) is 5.32 Å². The van der Waals surface area contributed by atoms with Gasteiger partial charge in [0.2, 0.25) is 5.91 Å². The van der Waals surface area contributed by atoms with Crippen molar-refractivity contribution in [3.8, 4) is 0 Å². The van der Waals surface area contributed by atoms with E-state index in [1.165, 1.54) is 64.2 Å². The van der Waals surface area contributed by atoms with Crippen molar-refractivity contribution in [2.24, 2.45) is 0 Å². The van der Waals surface area contributed by atoms with Crippen LogP contribution in [0, 0.1) is 0 Å². The van der Waals surface area contributed by atoms with Gasteiger partial charge >= 0.3 is 0 Å². The summed E-state index contributed by atoms with van der Waals surface area (Å²) in [5.41, 5.74) is 0.